The third-order valence-corrected chi connectivity index (χ3v) is 6.25. The van der Waals surface area contributed by atoms with Crippen LogP contribution in [0, 0.1) is 0 Å². The van der Waals surface area contributed by atoms with Gasteiger partial charge in [-0.15, -0.1) is 0 Å². The molecule has 180 valence electrons. The zero-order chi connectivity index (χ0) is 24.1. The van der Waals surface area contributed by atoms with Crippen LogP contribution in [0.2, 0.25) is 5.02 Å². The second-order valence-corrected chi connectivity index (χ2v) is 8.57. The fraction of sp³-hybridized carbons (Fsp3) is 0.360. The highest BCUT2D eigenvalue weighted by Gasteiger charge is 2.35. The van der Waals surface area contributed by atoms with Crippen LogP contribution < -0.4 is 20.3 Å². The van der Waals surface area contributed by atoms with E-state index in [1.165, 1.54) is 7.11 Å². The molecule has 2 amide bonds. The minimum absolute atomic E-state index is 0.364. The van der Waals surface area contributed by atoms with Crippen LogP contribution in [-0.2, 0) is 9.53 Å². The Hall–Kier alpha value is -3.23. The number of amides is 2. The number of benzene rings is 2. The molecule has 0 spiro atoms. The second-order valence-electron chi connectivity index (χ2n) is 8.13. The Balaban J connectivity index is 1.57. The number of nitrogens with one attached hydrogen (secondary N) is 2. The number of rotatable bonds is 7. The monoisotopic (exact) mass is 484 g/mol. The van der Waals surface area contributed by atoms with Gasteiger partial charge in [0.1, 0.15) is 5.75 Å². The van der Waals surface area contributed by atoms with E-state index in [2.05, 4.69) is 20.4 Å². The molecule has 34 heavy (non-hydrogen) atoms. The zero-order valence-electron chi connectivity index (χ0n) is 19.3. The number of urea groups is 1. The number of methoxy groups -OCH3 is 1. The van der Waals surface area contributed by atoms with Gasteiger partial charge < -0.3 is 25.0 Å². The summed E-state index contributed by atoms with van der Waals surface area (Å²) < 4.78 is 10.9. The van der Waals surface area contributed by atoms with Gasteiger partial charge in [0.05, 0.1) is 25.3 Å². The fourth-order valence-corrected chi connectivity index (χ4v) is 4.58. The molecule has 0 bridgehead atoms. The molecule has 0 aliphatic carbocycles. The van der Waals surface area contributed by atoms with E-state index in [0.29, 0.717) is 40.8 Å². The second kappa shape index (κ2) is 10.8. The normalized spacial score (nSPS) is 18.9. The van der Waals surface area contributed by atoms with E-state index in [1.807, 2.05) is 55.5 Å². The number of nitrogens with zero attached hydrogens (tertiary/aromatic N) is 2. The SMILES string of the molecule is CCOc1ccccc1[C@@H]1NC(=O)NC(CN2CCN(c3cccc(Cl)c3)CC2)=C1C(=O)OC. The molecule has 2 aromatic carbocycles. The molecule has 0 aromatic heterocycles. The Morgan fingerprint density at radius 1 is 1.12 bits per heavy atom. The molecule has 0 saturated carbocycles. The van der Waals surface area contributed by atoms with Gasteiger partial charge in [-0.25, -0.2) is 9.59 Å². The van der Waals surface area contributed by atoms with Gasteiger partial charge in [0.2, 0.25) is 0 Å². The van der Waals surface area contributed by atoms with Crippen molar-refractivity contribution in [3.8, 4) is 5.75 Å². The molecule has 4 rings (SSSR count). The maximum Gasteiger partial charge on any atom is 0.338 e. The number of hydrogen-bond donors (Lipinski definition) is 2. The lowest BCUT2D eigenvalue weighted by atomic mass is 9.94. The Kier molecular flexibility index (Phi) is 7.59. The van der Waals surface area contributed by atoms with Crippen molar-refractivity contribution in [3.63, 3.8) is 0 Å². The molecule has 2 aliphatic rings. The summed E-state index contributed by atoms with van der Waals surface area (Å²) >= 11 is 6.15. The van der Waals surface area contributed by atoms with E-state index in [-0.39, 0.29) is 6.03 Å². The molecule has 1 saturated heterocycles. The minimum atomic E-state index is -0.674. The number of hydrogen-bond acceptors (Lipinski definition) is 6. The summed E-state index contributed by atoms with van der Waals surface area (Å²) in [6.45, 7) is 5.95. The van der Waals surface area contributed by atoms with Crippen molar-refractivity contribution in [2.45, 2.75) is 13.0 Å². The van der Waals surface area contributed by atoms with Crippen LogP contribution in [0.15, 0.2) is 59.8 Å². The van der Waals surface area contributed by atoms with Crippen molar-refractivity contribution in [1.82, 2.24) is 15.5 Å². The molecule has 2 heterocycles. The third kappa shape index (κ3) is 5.29. The summed E-state index contributed by atoms with van der Waals surface area (Å²) in [6, 6.07) is 14.2. The van der Waals surface area contributed by atoms with Gasteiger partial charge in [-0.05, 0) is 31.2 Å². The minimum Gasteiger partial charge on any atom is -0.494 e. The van der Waals surface area contributed by atoms with Gasteiger partial charge in [-0.3, -0.25) is 4.90 Å². The van der Waals surface area contributed by atoms with E-state index >= 15 is 0 Å². The Morgan fingerprint density at radius 2 is 1.88 bits per heavy atom. The molecular weight excluding hydrogens is 456 g/mol. The lowest BCUT2D eigenvalue weighted by Crippen LogP contribution is -2.51. The number of halogens is 1. The number of esters is 1. The number of ether oxygens (including phenoxy) is 2. The van der Waals surface area contributed by atoms with Crippen LogP contribution in [0.3, 0.4) is 0 Å². The lowest BCUT2D eigenvalue weighted by molar-refractivity contribution is -0.136. The molecule has 2 aliphatic heterocycles. The smallest absolute Gasteiger partial charge is 0.338 e. The highest BCUT2D eigenvalue weighted by atomic mass is 35.5. The average molecular weight is 485 g/mol. The molecule has 1 fully saturated rings. The largest absolute Gasteiger partial charge is 0.494 e. The van der Waals surface area contributed by atoms with Crippen molar-refractivity contribution < 1.29 is 19.1 Å². The number of piperazine rings is 1. The topological polar surface area (TPSA) is 83.1 Å². The molecule has 9 heteroatoms. The first kappa shape index (κ1) is 23.9. The highest BCUT2D eigenvalue weighted by molar-refractivity contribution is 6.30. The lowest BCUT2D eigenvalue weighted by Gasteiger charge is -2.38. The van der Waals surface area contributed by atoms with Crippen LogP contribution in [-0.4, -0.2) is 63.3 Å². The van der Waals surface area contributed by atoms with Crippen LogP contribution in [0.5, 0.6) is 5.75 Å². The van der Waals surface area contributed by atoms with Crippen LogP contribution in [0.1, 0.15) is 18.5 Å². The van der Waals surface area contributed by atoms with Crippen molar-refractivity contribution in [3.05, 3.63) is 70.4 Å². The van der Waals surface area contributed by atoms with Gasteiger partial charge in [-0.2, -0.15) is 0 Å². The molecule has 1 atom stereocenters. The number of anilines is 1. The quantitative estimate of drug-likeness (QED) is 0.586. The highest BCUT2D eigenvalue weighted by Crippen LogP contribution is 2.34. The van der Waals surface area contributed by atoms with Crippen molar-refractivity contribution in [2.75, 3.05) is 51.3 Å². The molecule has 2 aromatic rings. The van der Waals surface area contributed by atoms with Gasteiger partial charge >= 0.3 is 12.0 Å². The number of para-hydroxylation sites is 1. The molecule has 2 N–H and O–H groups in total. The maximum absolute atomic E-state index is 12.9. The maximum atomic E-state index is 12.9. The predicted molar refractivity (Wildman–Crippen MR) is 131 cm³/mol. The summed E-state index contributed by atoms with van der Waals surface area (Å²) in [7, 11) is 1.35. The zero-order valence-corrected chi connectivity index (χ0v) is 20.1. The molecular formula is C25H29ClN4O4. The molecule has 8 nitrogen and oxygen atoms in total. The summed E-state index contributed by atoms with van der Waals surface area (Å²) in [6.07, 6.45) is 0. The van der Waals surface area contributed by atoms with E-state index in [0.717, 1.165) is 31.9 Å². The Labute approximate surface area is 204 Å². The Morgan fingerprint density at radius 3 is 2.59 bits per heavy atom. The third-order valence-electron chi connectivity index (χ3n) is 6.02. The van der Waals surface area contributed by atoms with Crippen molar-refractivity contribution in [1.29, 1.82) is 0 Å². The first-order chi connectivity index (χ1) is 16.5. The van der Waals surface area contributed by atoms with Crippen LogP contribution in [0.25, 0.3) is 0 Å². The van der Waals surface area contributed by atoms with Gasteiger partial charge in [-0.1, -0.05) is 35.9 Å². The van der Waals surface area contributed by atoms with Gasteiger partial charge in [0.25, 0.3) is 0 Å². The Bertz CT molecular complexity index is 1080. The number of carbonyl (C=O) groups excluding carboxylic acids is 2. The molecule has 0 radical (unpaired) electrons. The van der Waals surface area contributed by atoms with E-state index in [9.17, 15) is 9.59 Å². The summed E-state index contributed by atoms with van der Waals surface area (Å²) in [4.78, 5) is 30.0. The van der Waals surface area contributed by atoms with Gasteiger partial charge in [0.15, 0.2) is 0 Å². The van der Waals surface area contributed by atoms with Gasteiger partial charge in [0, 0.05) is 54.7 Å². The standard InChI is InChI=1S/C25H29ClN4O4/c1-3-34-21-10-5-4-9-19(21)23-22(24(31)33-2)20(27-25(32)28-23)16-29-11-13-30(14-12-29)18-8-6-7-17(26)15-18/h4-10,15,23H,3,11-14,16H2,1-2H3,(H2,27,28,32)/t23-/m0/s1. The fourth-order valence-electron chi connectivity index (χ4n) is 4.39. The summed E-state index contributed by atoms with van der Waals surface area (Å²) in [5.74, 6) is 0.129. The first-order valence-corrected chi connectivity index (χ1v) is 11.7. The van der Waals surface area contributed by atoms with E-state index in [1.54, 1.807) is 0 Å². The number of carbonyl (C=O) groups is 2. The van der Waals surface area contributed by atoms with Crippen LogP contribution >= 0.6 is 11.6 Å². The van der Waals surface area contributed by atoms with E-state index in [4.69, 9.17) is 21.1 Å². The molecule has 0 unspecified atom stereocenters. The van der Waals surface area contributed by atoms with Crippen molar-refractivity contribution in [2.24, 2.45) is 0 Å². The van der Waals surface area contributed by atoms with Crippen molar-refractivity contribution >= 4 is 29.3 Å². The predicted octanol–water partition coefficient (Wildman–Crippen LogP) is 3.34. The summed E-state index contributed by atoms with van der Waals surface area (Å²) in [5.41, 5.74) is 2.72. The van der Waals surface area contributed by atoms with E-state index < -0.39 is 12.0 Å². The average Bonchev–Trinajstić information content (AvgIpc) is 2.84. The first-order valence-electron chi connectivity index (χ1n) is 11.3. The van der Waals surface area contributed by atoms with Crippen LogP contribution in [0.4, 0.5) is 10.5 Å². The summed E-state index contributed by atoms with van der Waals surface area (Å²) in [5, 5.41) is 6.43.